The molecule has 0 aliphatic carbocycles. The summed E-state index contributed by atoms with van der Waals surface area (Å²) in [6.45, 7) is 4.59. The molecular weight excluding hydrogens is 120 g/mol. The molecule has 0 saturated carbocycles. The molecule has 1 nitrogen and oxygen atoms in total. The Labute approximate surface area is 56.0 Å². The van der Waals surface area contributed by atoms with Gasteiger partial charge in [-0.2, -0.15) is 0 Å². The van der Waals surface area contributed by atoms with Crippen LogP contribution in [0.4, 0.5) is 0 Å². The maximum atomic E-state index is 5.02. The van der Waals surface area contributed by atoms with Crippen LogP contribution < -0.4 is 0 Å². The van der Waals surface area contributed by atoms with Gasteiger partial charge in [0.2, 0.25) is 0 Å². The van der Waals surface area contributed by atoms with Gasteiger partial charge in [-0.15, -0.1) is 0 Å². The van der Waals surface area contributed by atoms with E-state index in [0.29, 0.717) is 0 Å². The Morgan fingerprint density at radius 2 is 2.25 bits per heavy atom. The molecule has 0 unspecified atom stereocenters. The fourth-order valence-corrected chi connectivity index (χ4v) is 0.706. The molecule has 0 atom stereocenters. The number of unbranched alkanes of at least 4 members (excludes halogenated alkanes) is 2. The Hall–Kier alpha value is 0.310. The molecule has 0 heterocycles. The molecule has 0 N–H and O–H groups in total. The standard InChI is InChI=1S/C6H13OS/c1-3-4-5-6-7-8-2/h1,3-6H2,2H3. The molecular formula is C6H13OS. The summed E-state index contributed by atoms with van der Waals surface area (Å²) in [7, 11) is 0. The van der Waals surface area contributed by atoms with Crippen LogP contribution in [0, 0.1) is 6.92 Å². The number of rotatable bonds is 5. The van der Waals surface area contributed by atoms with Gasteiger partial charge in [0.25, 0.3) is 0 Å². The van der Waals surface area contributed by atoms with Crippen molar-refractivity contribution in [1.82, 2.24) is 0 Å². The molecule has 0 spiro atoms. The van der Waals surface area contributed by atoms with E-state index in [0.717, 1.165) is 19.4 Å². The van der Waals surface area contributed by atoms with Crippen molar-refractivity contribution in [3.05, 3.63) is 6.92 Å². The minimum Gasteiger partial charge on any atom is -0.316 e. The molecule has 8 heavy (non-hydrogen) atoms. The second-order valence-corrected chi connectivity index (χ2v) is 2.12. The molecule has 0 aromatic carbocycles. The van der Waals surface area contributed by atoms with Crippen LogP contribution in [0.5, 0.6) is 0 Å². The minimum absolute atomic E-state index is 0.872. The first-order valence-corrected chi connectivity index (χ1v) is 4.01. The molecule has 49 valence electrons. The van der Waals surface area contributed by atoms with E-state index in [9.17, 15) is 0 Å². The highest BCUT2D eigenvalue weighted by molar-refractivity contribution is 7.93. The monoisotopic (exact) mass is 133 g/mol. The predicted octanol–water partition coefficient (Wildman–Crippen LogP) is 2.29. The van der Waals surface area contributed by atoms with E-state index in [1.165, 1.54) is 18.5 Å². The lowest BCUT2D eigenvalue weighted by Crippen LogP contribution is -1.84. The fraction of sp³-hybridized carbons (Fsp3) is 0.833. The molecule has 0 aliphatic heterocycles. The van der Waals surface area contributed by atoms with E-state index < -0.39 is 0 Å². The van der Waals surface area contributed by atoms with Crippen molar-refractivity contribution in [3.63, 3.8) is 0 Å². The predicted molar refractivity (Wildman–Crippen MR) is 38.7 cm³/mol. The zero-order valence-electron chi connectivity index (χ0n) is 5.35. The SMILES string of the molecule is [CH2]CCCCOSC. The highest BCUT2D eigenvalue weighted by Crippen LogP contribution is 1.99. The van der Waals surface area contributed by atoms with Crippen molar-refractivity contribution in [2.75, 3.05) is 12.9 Å². The van der Waals surface area contributed by atoms with Gasteiger partial charge in [0.1, 0.15) is 0 Å². The van der Waals surface area contributed by atoms with Crippen molar-refractivity contribution in [1.29, 1.82) is 0 Å². The molecule has 1 radical (unpaired) electrons. The van der Waals surface area contributed by atoms with Gasteiger partial charge in [0, 0.05) is 6.26 Å². The van der Waals surface area contributed by atoms with Crippen LogP contribution in [0.3, 0.4) is 0 Å². The quantitative estimate of drug-likeness (QED) is 0.420. The summed E-state index contributed by atoms with van der Waals surface area (Å²) in [5, 5.41) is 0. The zero-order chi connectivity index (χ0) is 6.24. The van der Waals surface area contributed by atoms with Crippen LogP contribution in [0.15, 0.2) is 0 Å². The highest BCUT2D eigenvalue weighted by Gasteiger charge is 1.83. The molecule has 0 aromatic heterocycles. The van der Waals surface area contributed by atoms with Gasteiger partial charge in [-0.05, 0) is 18.5 Å². The van der Waals surface area contributed by atoms with Gasteiger partial charge in [0.15, 0.2) is 0 Å². The van der Waals surface area contributed by atoms with E-state index in [1.54, 1.807) is 0 Å². The van der Waals surface area contributed by atoms with Gasteiger partial charge < -0.3 is 4.18 Å². The molecule has 0 aliphatic rings. The van der Waals surface area contributed by atoms with E-state index in [4.69, 9.17) is 4.18 Å². The van der Waals surface area contributed by atoms with Crippen LogP contribution >= 0.6 is 12.0 Å². The van der Waals surface area contributed by atoms with Crippen molar-refractivity contribution >= 4 is 12.0 Å². The van der Waals surface area contributed by atoms with Crippen LogP contribution in [0.2, 0.25) is 0 Å². The Morgan fingerprint density at radius 3 is 2.75 bits per heavy atom. The second-order valence-electron chi connectivity index (χ2n) is 1.55. The Morgan fingerprint density at radius 1 is 1.50 bits per heavy atom. The maximum absolute atomic E-state index is 5.02. The normalized spacial score (nSPS) is 9.75. The molecule has 0 amide bonds. The average Bonchev–Trinajstić information content (AvgIpc) is 1.81. The maximum Gasteiger partial charge on any atom is 0.0613 e. The third-order valence-corrected chi connectivity index (χ3v) is 1.25. The molecule has 0 fully saturated rings. The average molecular weight is 133 g/mol. The molecule has 0 rings (SSSR count). The van der Waals surface area contributed by atoms with Gasteiger partial charge in [-0.1, -0.05) is 19.8 Å². The molecule has 0 bridgehead atoms. The van der Waals surface area contributed by atoms with E-state index in [2.05, 4.69) is 6.92 Å². The largest absolute Gasteiger partial charge is 0.316 e. The second kappa shape index (κ2) is 7.31. The Kier molecular flexibility index (Phi) is 7.59. The summed E-state index contributed by atoms with van der Waals surface area (Å²) in [5.74, 6) is 0. The lowest BCUT2D eigenvalue weighted by Gasteiger charge is -1.95. The van der Waals surface area contributed by atoms with Gasteiger partial charge in [0.05, 0.1) is 6.61 Å². The van der Waals surface area contributed by atoms with Gasteiger partial charge >= 0.3 is 0 Å². The summed E-state index contributed by atoms with van der Waals surface area (Å²) < 4.78 is 5.02. The van der Waals surface area contributed by atoms with Crippen molar-refractivity contribution < 1.29 is 4.18 Å². The first-order valence-electron chi connectivity index (χ1n) is 2.86. The summed E-state index contributed by atoms with van der Waals surface area (Å²) in [5.41, 5.74) is 0. The van der Waals surface area contributed by atoms with E-state index in [1.807, 2.05) is 6.26 Å². The van der Waals surface area contributed by atoms with Gasteiger partial charge in [-0.3, -0.25) is 0 Å². The number of hydrogen-bond acceptors (Lipinski definition) is 2. The lowest BCUT2D eigenvalue weighted by molar-refractivity contribution is 0.361. The summed E-state index contributed by atoms with van der Waals surface area (Å²) in [6.07, 6.45) is 5.28. The number of hydrogen-bond donors (Lipinski definition) is 0. The minimum atomic E-state index is 0.872. The fourth-order valence-electron chi connectivity index (χ4n) is 0.421. The highest BCUT2D eigenvalue weighted by atomic mass is 32.2. The summed E-state index contributed by atoms with van der Waals surface area (Å²) >= 11 is 1.43. The lowest BCUT2D eigenvalue weighted by atomic mass is 10.3. The van der Waals surface area contributed by atoms with Crippen LogP contribution in [-0.4, -0.2) is 12.9 Å². The Bertz CT molecular complexity index is 33.5. The van der Waals surface area contributed by atoms with Crippen molar-refractivity contribution in [2.24, 2.45) is 0 Å². The van der Waals surface area contributed by atoms with Crippen LogP contribution in [0.25, 0.3) is 0 Å². The third kappa shape index (κ3) is 6.31. The Balaban J connectivity index is 2.53. The van der Waals surface area contributed by atoms with E-state index >= 15 is 0 Å². The topological polar surface area (TPSA) is 9.23 Å². The summed E-state index contributed by atoms with van der Waals surface area (Å²) in [4.78, 5) is 0. The molecule has 2 heteroatoms. The van der Waals surface area contributed by atoms with Gasteiger partial charge in [-0.25, -0.2) is 0 Å². The first kappa shape index (κ1) is 8.31. The van der Waals surface area contributed by atoms with Crippen molar-refractivity contribution in [3.8, 4) is 0 Å². The van der Waals surface area contributed by atoms with Crippen LogP contribution in [0.1, 0.15) is 19.3 Å². The summed E-state index contributed by atoms with van der Waals surface area (Å²) in [6, 6.07) is 0. The smallest absolute Gasteiger partial charge is 0.0613 e. The first-order chi connectivity index (χ1) is 3.91. The zero-order valence-corrected chi connectivity index (χ0v) is 6.17. The van der Waals surface area contributed by atoms with Crippen LogP contribution in [-0.2, 0) is 4.18 Å². The van der Waals surface area contributed by atoms with E-state index in [-0.39, 0.29) is 0 Å². The molecule has 0 aromatic rings. The van der Waals surface area contributed by atoms with Crippen molar-refractivity contribution in [2.45, 2.75) is 19.3 Å². The molecule has 0 saturated heterocycles. The third-order valence-electron chi connectivity index (χ3n) is 0.846.